The third kappa shape index (κ3) is 10.6. The van der Waals surface area contributed by atoms with Crippen LogP contribution in [0.1, 0.15) is 84.1 Å². The highest BCUT2D eigenvalue weighted by Crippen LogP contribution is 2.18. The van der Waals surface area contributed by atoms with Gasteiger partial charge < -0.3 is 9.47 Å². The topological polar surface area (TPSA) is 44.2 Å². The molecule has 170 valence electrons. The summed E-state index contributed by atoms with van der Waals surface area (Å²) in [5.41, 5.74) is 2.21. The molecule has 0 aliphatic heterocycles. The van der Waals surface area contributed by atoms with E-state index in [2.05, 4.69) is 60.2 Å². The molecule has 0 N–H and O–H groups in total. The molecule has 31 heavy (non-hydrogen) atoms. The first-order chi connectivity index (χ1) is 15.2. The van der Waals surface area contributed by atoms with Gasteiger partial charge in [0, 0.05) is 12.2 Å². The normalized spacial score (nSPS) is 12.4. The van der Waals surface area contributed by atoms with E-state index in [9.17, 15) is 0 Å². The van der Waals surface area contributed by atoms with Crippen molar-refractivity contribution >= 4 is 6.08 Å². The summed E-state index contributed by atoms with van der Waals surface area (Å²) < 4.78 is 11.3. The summed E-state index contributed by atoms with van der Waals surface area (Å²) >= 11 is 0. The Morgan fingerprint density at radius 3 is 2.32 bits per heavy atom. The molecule has 0 saturated heterocycles. The Labute approximate surface area is 189 Å². The van der Waals surface area contributed by atoms with E-state index >= 15 is 0 Å². The fourth-order valence-electron chi connectivity index (χ4n) is 3.47. The first-order valence-corrected chi connectivity index (χ1v) is 12.1. The highest BCUT2D eigenvalue weighted by atomic mass is 16.5. The number of hydrogen-bond donors (Lipinski definition) is 0. The summed E-state index contributed by atoms with van der Waals surface area (Å²) in [6.45, 7) is 7.96. The molecule has 1 aromatic heterocycles. The van der Waals surface area contributed by atoms with Crippen LogP contribution in [0.5, 0.6) is 5.75 Å². The maximum Gasteiger partial charge on any atom is 0.159 e. The van der Waals surface area contributed by atoms with E-state index < -0.39 is 0 Å². The number of allylic oxidation sites excluding steroid dienone is 1. The molecule has 0 bridgehead atoms. The van der Waals surface area contributed by atoms with Gasteiger partial charge in [0.1, 0.15) is 0 Å². The molecule has 4 heteroatoms. The minimum atomic E-state index is 0.352. The van der Waals surface area contributed by atoms with Crippen LogP contribution in [-0.2, 0) is 4.74 Å². The maximum atomic E-state index is 5.77. The molecule has 0 saturated carbocycles. The van der Waals surface area contributed by atoms with Crippen molar-refractivity contribution in [2.45, 2.75) is 84.7 Å². The number of rotatable bonds is 16. The molecule has 0 radical (unpaired) electrons. The lowest BCUT2D eigenvalue weighted by Gasteiger charge is -2.09. The standard InChI is InChI=1S/C27H40N2O2/c1-4-6-7-8-9-13-20-31-26-21-28-27(29-22-26)25-18-16-24(17-19-25)15-12-10-11-14-23(3)30-5-2/h12,15-19,21-23H,4-11,13-14,20H2,1-3H3. The average Bonchev–Trinajstić information content (AvgIpc) is 2.79. The van der Waals surface area contributed by atoms with E-state index in [0.717, 1.165) is 56.0 Å². The Hall–Kier alpha value is -2.20. The summed E-state index contributed by atoms with van der Waals surface area (Å²) in [5, 5.41) is 0. The predicted octanol–water partition coefficient (Wildman–Crippen LogP) is 7.49. The molecule has 0 aliphatic rings. The zero-order valence-electron chi connectivity index (χ0n) is 19.7. The predicted molar refractivity (Wildman–Crippen MR) is 130 cm³/mol. The van der Waals surface area contributed by atoms with Gasteiger partial charge in [-0.05, 0) is 45.1 Å². The van der Waals surface area contributed by atoms with Crippen molar-refractivity contribution in [1.82, 2.24) is 9.97 Å². The van der Waals surface area contributed by atoms with Crippen molar-refractivity contribution in [2.24, 2.45) is 0 Å². The van der Waals surface area contributed by atoms with E-state index in [1.54, 1.807) is 12.4 Å². The van der Waals surface area contributed by atoms with Crippen LogP contribution < -0.4 is 4.74 Å². The number of unbranched alkanes of at least 4 members (excludes halogenated alkanes) is 6. The highest BCUT2D eigenvalue weighted by Gasteiger charge is 2.03. The van der Waals surface area contributed by atoms with E-state index in [-0.39, 0.29) is 0 Å². The van der Waals surface area contributed by atoms with Crippen molar-refractivity contribution in [3.05, 3.63) is 48.3 Å². The van der Waals surface area contributed by atoms with Crippen LogP contribution in [0, 0.1) is 0 Å². The van der Waals surface area contributed by atoms with E-state index in [1.807, 2.05) is 6.92 Å². The monoisotopic (exact) mass is 424 g/mol. The van der Waals surface area contributed by atoms with Crippen molar-refractivity contribution < 1.29 is 9.47 Å². The van der Waals surface area contributed by atoms with Gasteiger partial charge in [-0.1, -0.05) is 75.4 Å². The summed E-state index contributed by atoms with van der Waals surface area (Å²) in [5.74, 6) is 1.47. The van der Waals surface area contributed by atoms with Crippen molar-refractivity contribution in [3.8, 4) is 17.1 Å². The Bertz CT molecular complexity index is 726. The second kappa shape index (κ2) is 15.6. The number of aromatic nitrogens is 2. The summed E-state index contributed by atoms with van der Waals surface area (Å²) in [4.78, 5) is 8.94. The second-order valence-corrected chi connectivity index (χ2v) is 8.08. The zero-order chi connectivity index (χ0) is 22.2. The fraction of sp³-hybridized carbons (Fsp3) is 0.556. The molecule has 0 aliphatic carbocycles. The first kappa shape index (κ1) is 25.1. The third-order valence-corrected chi connectivity index (χ3v) is 5.31. The second-order valence-electron chi connectivity index (χ2n) is 8.08. The van der Waals surface area contributed by atoms with Crippen LogP contribution in [0.25, 0.3) is 17.5 Å². The van der Waals surface area contributed by atoms with E-state index in [4.69, 9.17) is 9.47 Å². The molecule has 2 rings (SSSR count). The van der Waals surface area contributed by atoms with Crippen LogP contribution in [0.15, 0.2) is 42.7 Å². The molecule has 1 aromatic carbocycles. The molecule has 4 nitrogen and oxygen atoms in total. The molecule has 1 unspecified atom stereocenters. The SMILES string of the molecule is CCCCCCCCOc1cnc(-c2ccc(C=CCCCC(C)OCC)cc2)nc1. The Morgan fingerprint density at radius 2 is 1.61 bits per heavy atom. The van der Waals surface area contributed by atoms with Crippen molar-refractivity contribution in [1.29, 1.82) is 0 Å². The smallest absolute Gasteiger partial charge is 0.159 e. The number of benzene rings is 1. The lowest BCUT2D eigenvalue weighted by Crippen LogP contribution is -2.06. The number of ether oxygens (including phenoxy) is 2. The average molecular weight is 425 g/mol. The molecular weight excluding hydrogens is 384 g/mol. The fourth-order valence-corrected chi connectivity index (χ4v) is 3.47. The largest absolute Gasteiger partial charge is 0.490 e. The van der Waals surface area contributed by atoms with Gasteiger partial charge in [-0.3, -0.25) is 0 Å². The molecule has 1 heterocycles. The van der Waals surface area contributed by atoms with Crippen LogP contribution in [0.2, 0.25) is 0 Å². The van der Waals surface area contributed by atoms with Crippen LogP contribution in [-0.4, -0.2) is 29.3 Å². The molecule has 0 amide bonds. The van der Waals surface area contributed by atoms with Crippen molar-refractivity contribution in [3.63, 3.8) is 0 Å². The van der Waals surface area contributed by atoms with Crippen LogP contribution >= 0.6 is 0 Å². The van der Waals surface area contributed by atoms with Gasteiger partial charge in [-0.2, -0.15) is 0 Å². The minimum Gasteiger partial charge on any atom is -0.490 e. The lowest BCUT2D eigenvalue weighted by atomic mass is 10.1. The highest BCUT2D eigenvalue weighted by molar-refractivity contribution is 5.59. The first-order valence-electron chi connectivity index (χ1n) is 12.1. The molecule has 2 aromatic rings. The van der Waals surface area contributed by atoms with Gasteiger partial charge in [0.2, 0.25) is 0 Å². The van der Waals surface area contributed by atoms with Gasteiger partial charge in [0.05, 0.1) is 25.1 Å². The van der Waals surface area contributed by atoms with Crippen molar-refractivity contribution in [2.75, 3.05) is 13.2 Å². The van der Waals surface area contributed by atoms with Gasteiger partial charge in [0.25, 0.3) is 0 Å². The zero-order valence-corrected chi connectivity index (χ0v) is 19.7. The quantitative estimate of drug-likeness (QED) is 0.262. The van der Waals surface area contributed by atoms with Gasteiger partial charge in [0.15, 0.2) is 11.6 Å². The van der Waals surface area contributed by atoms with E-state index in [0.29, 0.717) is 6.10 Å². The van der Waals surface area contributed by atoms with Gasteiger partial charge in [-0.25, -0.2) is 9.97 Å². The molecule has 1 atom stereocenters. The number of nitrogens with zero attached hydrogens (tertiary/aromatic N) is 2. The third-order valence-electron chi connectivity index (χ3n) is 5.31. The molecular formula is C27H40N2O2. The Morgan fingerprint density at radius 1 is 0.903 bits per heavy atom. The van der Waals surface area contributed by atoms with Gasteiger partial charge in [-0.15, -0.1) is 0 Å². The summed E-state index contributed by atoms with van der Waals surface area (Å²) in [7, 11) is 0. The van der Waals surface area contributed by atoms with E-state index in [1.165, 1.54) is 37.7 Å². The van der Waals surface area contributed by atoms with Crippen LogP contribution in [0.3, 0.4) is 0 Å². The molecule has 0 fully saturated rings. The minimum absolute atomic E-state index is 0.352. The Balaban J connectivity index is 1.71. The lowest BCUT2D eigenvalue weighted by molar-refractivity contribution is 0.0691. The summed E-state index contributed by atoms with van der Waals surface area (Å²) in [6.07, 6.45) is 19.2. The molecule has 0 spiro atoms. The van der Waals surface area contributed by atoms with Crippen LogP contribution in [0.4, 0.5) is 0 Å². The number of hydrogen-bond acceptors (Lipinski definition) is 4. The van der Waals surface area contributed by atoms with Gasteiger partial charge >= 0.3 is 0 Å². The maximum absolute atomic E-state index is 5.77. The Kier molecular flexibility index (Phi) is 12.6. The summed E-state index contributed by atoms with van der Waals surface area (Å²) in [6, 6.07) is 8.37.